The van der Waals surface area contributed by atoms with E-state index in [1.54, 1.807) is 0 Å². The molecule has 19 heavy (non-hydrogen) atoms. The molecule has 0 saturated carbocycles. The number of thioether (sulfide) groups is 1. The highest BCUT2D eigenvalue weighted by molar-refractivity contribution is 8.00. The van der Waals surface area contributed by atoms with Crippen LogP contribution < -0.4 is 14.8 Å². The van der Waals surface area contributed by atoms with Crippen LogP contribution in [0.1, 0.15) is 20.3 Å². The molecule has 1 aromatic rings. The maximum atomic E-state index is 11.7. The van der Waals surface area contributed by atoms with Gasteiger partial charge in [0.1, 0.15) is 13.2 Å². The molecule has 1 atom stereocenters. The molecule has 0 aliphatic carbocycles. The molecule has 1 aromatic carbocycles. The van der Waals surface area contributed by atoms with Crippen molar-refractivity contribution < 1.29 is 14.3 Å². The zero-order chi connectivity index (χ0) is 13.7. The molecule has 0 spiro atoms. The lowest BCUT2D eigenvalue weighted by atomic mass is 10.3. The van der Waals surface area contributed by atoms with Gasteiger partial charge in [0.05, 0.1) is 5.75 Å². The Bertz CT molecular complexity index is 450. The highest BCUT2D eigenvalue weighted by atomic mass is 32.2. The number of carbonyl (C=O) groups excluding carboxylic acids is 1. The van der Waals surface area contributed by atoms with E-state index >= 15 is 0 Å². The van der Waals surface area contributed by atoms with E-state index in [9.17, 15) is 4.79 Å². The Balaban J connectivity index is 1.87. The lowest BCUT2D eigenvalue weighted by Gasteiger charge is -2.18. The predicted molar refractivity (Wildman–Crippen MR) is 76.1 cm³/mol. The quantitative estimate of drug-likeness (QED) is 0.842. The topological polar surface area (TPSA) is 47.6 Å². The van der Waals surface area contributed by atoms with Crippen molar-refractivity contribution in [2.45, 2.75) is 31.2 Å². The first-order chi connectivity index (χ1) is 9.19. The van der Waals surface area contributed by atoms with Gasteiger partial charge in [0.25, 0.3) is 0 Å². The summed E-state index contributed by atoms with van der Waals surface area (Å²) in [5, 5.41) is 2.95. The summed E-state index contributed by atoms with van der Waals surface area (Å²) < 4.78 is 11.0. The number of hydrogen-bond acceptors (Lipinski definition) is 4. The minimum atomic E-state index is 0.0641. The standard InChI is InChI=1S/C14H19NO3S/c1-3-10(2)15-14(16)9-19-11-4-5-12-13(8-11)18-7-6-17-12/h4-5,8,10H,3,6-7,9H2,1-2H3,(H,15,16)/t10-/m1/s1. The van der Waals surface area contributed by atoms with Gasteiger partial charge in [0.15, 0.2) is 11.5 Å². The van der Waals surface area contributed by atoms with Gasteiger partial charge >= 0.3 is 0 Å². The number of nitrogens with one attached hydrogen (secondary N) is 1. The smallest absolute Gasteiger partial charge is 0.230 e. The number of carbonyl (C=O) groups is 1. The third-order valence-electron chi connectivity index (χ3n) is 2.90. The molecule has 0 aromatic heterocycles. The Morgan fingerprint density at radius 3 is 2.84 bits per heavy atom. The summed E-state index contributed by atoms with van der Waals surface area (Å²) in [7, 11) is 0. The summed E-state index contributed by atoms with van der Waals surface area (Å²) in [4.78, 5) is 12.7. The fraction of sp³-hybridized carbons (Fsp3) is 0.500. The van der Waals surface area contributed by atoms with Crippen molar-refractivity contribution >= 4 is 17.7 Å². The van der Waals surface area contributed by atoms with E-state index in [1.165, 1.54) is 11.8 Å². The Kier molecular flexibility index (Phi) is 4.96. The summed E-state index contributed by atoms with van der Waals surface area (Å²) in [5.41, 5.74) is 0. The predicted octanol–water partition coefficient (Wildman–Crippen LogP) is 2.46. The van der Waals surface area contributed by atoms with Crippen molar-refractivity contribution in [3.05, 3.63) is 18.2 Å². The molecule has 2 rings (SSSR count). The van der Waals surface area contributed by atoms with Crippen LogP contribution in [0.4, 0.5) is 0 Å². The molecule has 104 valence electrons. The van der Waals surface area contributed by atoms with E-state index in [4.69, 9.17) is 9.47 Å². The summed E-state index contributed by atoms with van der Waals surface area (Å²) in [6.07, 6.45) is 0.945. The molecule has 0 fully saturated rings. The van der Waals surface area contributed by atoms with Gasteiger partial charge in [-0.05, 0) is 31.5 Å². The van der Waals surface area contributed by atoms with Crippen LogP contribution >= 0.6 is 11.8 Å². The Morgan fingerprint density at radius 2 is 2.11 bits per heavy atom. The first-order valence-corrected chi connectivity index (χ1v) is 7.49. The van der Waals surface area contributed by atoms with E-state index < -0.39 is 0 Å². The summed E-state index contributed by atoms with van der Waals surface area (Å²) in [6, 6.07) is 6.00. The minimum Gasteiger partial charge on any atom is -0.486 e. The normalized spacial score (nSPS) is 14.8. The van der Waals surface area contributed by atoms with Crippen LogP contribution in [0.15, 0.2) is 23.1 Å². The van der Waals surface area contributed by atoms with Crippen LogP contribution in [-0.2, 0) is 4.79 Å². The monoisotopic (exact) mass is 281 g/mol. The number of rotatable bonds is 5. The van der Waals surface area contributed by atoms with Crippen molar-refractivity contribution in [1.29, 1.82) is 0 Å². The van der Waals surface area contributed by atoms with Crippen molar-refractivity contribution in [1.82, 2.24) is 5.32 Å². The maximum Gasteiger partial charge on any atom is 0.230 e. The molecule has 1 N–H and O–H groups in total. The molecule has 1 amide bonds. The zero-order valence-corrected chi connectivity index (χ0v) is 12.1. The molecule has 0 bridgehead atoms. The molecule has 4 nitrogen and oxygen atoms in total. The highest BCUT2D eigenvalue weighted by Crippen LogP contribution is 2.34. The Labute approximate surface area is 117 Å². The second-order valence-electron chi connectivity index (χ2n) is 4.47. The van der Waals surface area contributed by atoms with Gasteiger partial charge < -0.3 is 14.8 Å². The van der Waals surface area contributed by atoms with Gasteiger partial charge in [-0.1, -0.05) is 6.92 Å². The van der Waals surface area contributed by atoms with E-state index in [2.05, 4.69) is 12.2 Å². The van der Waals surface area contributed by atoms with Crippen LogP contribution in [0.3, 0.4) is 0 Å². The average Bonchev–Trinajstić information content (AvgIpc) is 2.44. The van der Waals surface area contributed by atoms with Crippen molar-refractivity contribution in [3.8, 4) is 11.5 Å². The molecular formula is C14H19NO3S. The third kappa shape index (κ3) is 4.06. The molecule has 0 radical (unpaired) electrons. The number of amides is 1. The van der Waals surface area contributed by atoms with Gasteiger partial charge in [-0.25, -0.2) is 0 Å². The molecule has 1 heterocycles. The number of hydrogen-bond donors (Lipinski definition) is 1. The SMILES string of the molecule is CC[C@@H](C)NC(=O)CSc1ccc2c(c1)OCCO2. The molecule has 0 saturated heterocycles. The van der Waals surface area contributed by atoms with E-state index in [0.717, 1.165) is 22.8 Å². The molecule has 0 unspecified atom stereocenters. The summed E-state index contributed by atoms with van der Waals surface area (Å²) in [6.45, 7) is 5.23. The Hall–Kier alpha value is -1.36. The first kappa shape index (κ1) is 14.1. The summed E-state index contributed by atoms with van der Waals surface area (Å²) in [5.74, 6) is 2.02. The third-order valence-corrected chi connectivity index (χ3v) is 3.90. The lowest BCUT2D eigenvalue weighted by molar-refractivity contribution is -0.119. The highest BCUT2D eigenvalue weighted by Gasteiger charge is 2.12. The average molecular weight is 281 g/mol. The van der Waals surface area contributed by atoms with E-state index in [1.807, 2.05) is 25.1 Å². The number of ether oxygens (including phenoxy) is 2. The Morgan fingerprint density at radius 1 is 1.37 bits per heavy atom. The maximum absolute atomic E-state index is 11.7. The minimum absolute atomic E-state index is 0.0641. The van der Waals surface area contributed by atoms with Crippen LogP contribution in [0.2, 0.25) is 0 Å². The van der Waals surface area contributed by atoms with Gasteiger partial charge in [-0.15, -0.1) is 11.8 Å². The molecule has 5 heteroatoms. The van der Waals surface area contributed by atoms with E-state index in [-0.39, 0.29) is 11.9 Å². The van der Waals surface area contributed by atoms with Crippen molar-refractivity contribution in [2.75, 3.05) is 19.0 Å². The van der Waals surface area contributed by atoms with Crippen LogP contribution in [0, 0.1) is 0 Å². The first-order valence-electron chi connectivity index (χ1n) is 6.51. The van der Waals surface area contributed by atoms with Crippen molar-refractivity contribution in [3.63, 3.8) is 0 Å². The van der Waals surface area contributed by atoms with Gasteiger partial charge in [-0.3, -0.25) is 4.79 Å². The number of benzene rings is 1. The lowest BCUT2D eigenvalue weighted by Crippen LogP contribution is -2.33. The molecular weight excluding hydrogens is 262 g/mol. The largest absolute Gasteiger partial charge is 0.486 e. The van der Waals surface area contributed by atoms with E-state index in [0.29, 0.717) is 19.0 Å². The van der Waals surface area contributed by atoms with Gasteiger partial charge in [0.2, 0.25) is 5.91 Å². The van der Waals surface area contributed by atoms with Crippen LogP contribution in [-0.4, -0.2) is 30.9 Å². The second kappa shape index (κ2) is 6.70. The van der Waals surface area contributed by atoms with Crippen LogP contribution in [0.25, 0.3) is 0 Å². The summed E-state index contributed by atoms with van der Waals surface area (Å²) >= 11 is 1.51. The van der Waals surface area contributed by atoms with Gasteiger partial charge in [0, 0.05) is 10.9 Å². The fourth-order valence-electron chi connectivity index (χ4n) is 1.68. The molecule has 1 aliphatic heterocycles. The number of fused-ring (bicyclic) bond motifs is 1. The van der Waals surface area contributed by atoms with Crippen molar-refractivity contribution in [2.24, 2.45) is 0 Å². The fourth-order valence-corrected chi connectivity index (χ4v) is 2.42. The zero-order valence-electron chi connectivity index (χ0n) is 11.3. The molecule has 1 aliphatic rings. The van der Waals surface area contributed by atoms with Gasteiger partial charge in [-0.2, -0.15) is 0 Å². The van der Waals surface area contributed by atoms with Crippen LogP contribution in [0.5, 0.6) is 11.5 Å². The second-order valence-corrected chi connectivity index (χ2v) is 5.52.